The second-order valence-electron chi connectivity index (χ2n) is 4.80. The van der Waals surface area contributed by atoms with Crippen molar-refractivity contribution in [3.8, 4) is 0 Å². The van der Waals surface area contributed by atoms with Gasteiger partial charge in [0.25, 0.3) is 0 Å². The molecule has 2 N–H and O–H groups in total. The number of hydrogen-bond donors (Lipinski definition) is 1. The van der Waals surface area contributed by atoms with Crippen LogP contribution >= 0.6 is 11.8 Å². The molecule has 1 saturated heterocycles. The summed E-state index contributed by atoms with van der Waals surface area (Å²) < 4.78 is 23.4. The monoisotopic (exact) mass is 294 g/mol. The maximum atomic E-state index is 12.3. The van der Waals surface area contributed by atoms with Crippen LogP contribution < -0.4 is 5.73 Å². The molecule has 0 aliphatic carbocycles. The minimum atomic E-state index is -3.26. The molecule has 0 aromatic carbocycles. The second-order valence-corrected chi connectivity index (χ2v) is 8.16. The van der Waals surface area contributed by atoms with Crippen LogP contribution in [0.15, 0.2) is 0 Å². The molecule has 3 unspecified atom stereocenters. The van der Waals surface area contributed by atoms with Crippen LogP contribution in [-0.2, 0) is 14.6 Å². The zero-order valence-corrected chi connectivity index (χ0v) is 12.8. The Morgan fingerprint density at radius 2 is 2.17 bits per heavy atom. The normalized spacial score (nSPS) is 24.7. The Balaban J connectivity index is 2.87. The van der Waals surface area contributed by atoms with Gasteiger partial charge in [-0.2, -0.15) is 11.8 Å². The van der Waals surface area contributed by atoms with Gasteiger partial charge in [-0.25, -0.2) is 8.42 Å². The Kier molecular flexibility index (Phi) is 5.48. The summed E-state index contributed by atoms with van der Waals surface area (Å²) in [6, 6.07) is -0.609. The largest absolute Gasteiger partial charge is 0.323 e. The molecule has 1 amide bonds. The molecular formula is C11H22N2O3S2. The van der Waals surface area contributed by atoms with Gasteiger partial charge in [0.15, 0.2) is 9.84 Å². The van der Waals surface area contributed by atoms with Crippen LogP contribution in [-0.4, -0.2) is 54.9 Å². The van der Waals surface area contributed by atoms with E-state index in [2.05, 4.69) is 0 Å². The lowest BCUT2D eigenvalue weighted by atomic mass is 9.99. The molecule has 1 aliphatic heterocycles. The van der Waals surface area contributed by atoms with Crippen LogP contribution in [0, 0.1) is 5.92 Å². The maximum absolute atomic E-state index is 12.3. The van der Waals surface area contributed by atoms with Crippen molar-refractivity contribution in [1.29, 1.82) is 0 Å². The zero-order chi connectivity index (χ0) is 13.9. The standard InChI is InChI=1S/C11H22N2O3S2/c1-4-8(2)10(12)11(14)13-5-6-17-7-9(13)18(3,15)16/h8-10H,4-7,12H2,1-3H3. The van der Waals surface area contributed by atoms with Crippen molar-refractivity contribution in [3.05, 3.63) is 0 Å². The number of rotatable bonds is 4. The summed E-state index contributed by atoms with van der Waals surface area (Å²) in [6.45, 7) is 4.35. The van der Waals surface area contributed by atoms with Crippen molar-refractivity contribution in [2.45, 2.75) is 31.7 Å². The summed E-state index contributed by atoms with van der Waals surface area (Å²) >= 11 is 1.56. The lowest BCUT2D eigenvalue weighted by molar-refractivity contribution is -0.134. The lowest BCUT2D eigenvalue weighted by Gasteiger charge is -2.36. The van der Waals surface area contributed by atoms with Crippen molar-refractivity contribution in [3.63, 3.8) is 0 Å². The number of carbonyl (C=O) groups excluding carboxylic acids is 1. The first-order valence-electron chi connectivity index (χ1n) is 6.11. The van der Waals surface area contributed by atoms with Crippen molar-refractivity contribution < 1.29 is 13.2 Å². The molecule has 0 aromatic rings. The number of nitrogens with zero attached hydrogens (tertiary/aromatic N) is 1. The van der Waals surface area contributed by atoms with Gasteiger partial charge in [0.2, 0.25) is 5.91 Å². The van der Waals surface area contributed by atoms with Gasteiger partial charge in [-0.05, 0) is 5.92 Å². The molecule has 1 fully saturated rings. The van der Waals surface area contributed by atoms with Gasteiger partial charge >= 0.3 is 0 Å². The Labute approximate surface area is 113 Å². The highest BCUT2D eigenvalue weighted by Crippen LogP contribution is 2.22. The molecule has 0 saturated carbocycles. The molecule has 1 heterocycles. The number of amides is 1. The van der Waals surface area contributed by atoms with Crippen LogP contribution in [0.4, 0.5) is 0 Å². The number of thioether (sulfide) groups is 1. The van der Waals surface area contributed by atoms with Gasteiger partial charge in [-0.15, -0.1) is 0 Å². The van der Waals surface area contributed by atoms with Crippen molar-refractivity contribution in [2.24, 2.45) is 11.7 Å². The van der Waals surface area contributed by atoms with E-state index in [4.69, 9.17) is 5.73 Å². The third kappa shape index (κ3) is 3.61. The van der Waals surface area contributed by atoms with E-state index in [-0.39, 0.29) is 11.8 Å². The van der Waals surface area contributed by atoms with Crippen molar-refractivity contribution in [1.82, 2.24) is 4.90 Å². The van der Waals surface area contributed by atoms with Crippen molar-refractivity contribution in [2.75, 3.05) is 24.3 Å². The molecule has 0 bridgehead atoms. The van der Waals surface area contributed by atoms with Gasteiger partial charge < -0.3 is 10.6 Å². The van der Waals surface area contributed by atoms with Crippen LogP contribution in [0.3, 0.4) is 0 Å². The fourth-order valence-electron chi connectivity index (χ4n) is 1.88. The van der Waals surface area contributed by atoms with Gasteiger partial charge in [-0.1, -0.05) is 20.3 Å². The molecule has 1 aliphatic rings. The highest BCUT2D eigenvalue weighted by molar-refractivity contribution is 8.00. The molecule has 1 rings (SSSR count). The van der Waals surface area contributed by atoms with E-state index < -0.39 is 21.3 Å². The van der Waals surface area contributed by atoms with Gasteiger partial charge in [0, 0.05) is 24.3 Å². The molecular weight excluding hydrogens is 272 g/mol. The number of hydrogen-bond acceptors (Lipinski definition) is 5. The molecule has 0 spiro atoms. The maximum Gasteiger partial charge on any atom is 0.240 e. The Morgan fingerprint density at radius 3 is 2.67 bits per heavy atom. The molecule has 3 atom stereocenters. The van der Waals surface area contributed by atoms with Gasteiger partial charge in [0.05, 0.1) is 6.04 Å². The summed E-state index contributed by atoms with van der Waals surface area (Å²) in [5, 5.41) is -0.723. The Morgan fingerprint density at radius 1 is 1.56 bits per heavy atom. The summed E-state index contributed by atoms with van der Waals surface area (Å²) in [6.07, 6.45) is 1.98. The smallest absolute Gasteiger partial charge is 0.240 e. The SMILES string of the molecule is CCC(C)C(N)C(=O)N1CCSCC1S(C)(=O)=O. The minimum Gasteiger partial charge on any atom is -0.323 e. The first-order chi connectivity index (χ1) is 8.29. The minimum absolute atomic E-state index is 0.0623. The molecule has 5 nitrogen and oxygen atoms in total. The molecule has 106 valence electrons. The van der Waals surface area contributed by atoms with Crippen LogP contribution in [0.2, 0.25) is 0 Å². The van der Waals surface area contributed by atoms with E-state index in [1.807, 2.05) is 13.8 Å². The van der Waals surface area contributed by atoms with E-state index in [0.29, 0.717) is 12.3 Å². The molecule has 18 heavy (non-hydrogen) atoms. The van der Waals surface area contributed by atoms with Crippen LogP contribution in [0.1, 0.15) is 20.3 Å². The molecule has 0 radical (unpaired) electrons. The van der Waals surface area contributed by atoms with E-state index >= 15 is 0 Å². The molecule has 0 aromatic heterocycles. The third-order valence-electron chi connectivity index (χ3n) is 3.40. The second kappa shape index (κ2) is 6.25. The summed E-state index contributed by atoms with van der Waals surface area (Å²) in [5.41, 5.74) is 5.91. The lowest BCUT2D eigenvalue weighted by Crippen LogP contribution is -2.56. The Hall–Kier alpha value is -0.270. The highest BCUT2D eigenvalue weighted by Gasteiger charge is 2.37. The third-order valence-corrected chi connectivity index (χ3v) is 6.05. The summed E-state index contributed by atoms with van der Waals surface area (Å²) in [7, 11) is -3.26. The van der Waals surface area contributed by atoms with Crippen LogP contribution in [0.5, 0.6) is 0 Å². The van der Waals surface area contributed by atoms with Crippen LogP contribution in [0.25, 0.3) is 0 Å². The number of nitrogens with two attached hydrogens (primary N) is 1. The van der Waals surface area contributed by atoms with Gasteiger partial charge in [0.1, 0.15) is 5.37 Å². The average molecular weight is 294 g/mol. The quantitative estimate of drug-likeness (QED) is 0.807. The zero-order valence-electron chi connectivity index (χ0n) is 11.1. The number of carbonyl (C=O) groups is 1. The molecule has 7 heteroatoms. The topological polar surface area (TPSA) is 80.5 Å². The first-order valence-corrected chi connectivity index (χ1v) is 9.22. The van der Waals surface area contributed by atoms with E-state index in [0.717, 1.165) is 12.2 Å². The van der Waals surface area contributed by atoms with Gasteiger partial charge in [-0.3, -0.25) is 4.79 Å². The van der Waals surface area contributed by atoms with Crippen molar-refractivity contribution >= 4 is 27.5 Å². The fraction of sp³-hybridized carbons (Fsp3) is 0.909. The predicted molar refractivity (Wildman–Crippen MR) is 75.1 cm³/mol. The fourth-order valence-corrected chi connectivity index (χ4v) is 4.70. The summed E-state index contributed by atoms with van der Waals surface area (Å²) in [5.74, 6) is 1.04. The Bertz CT molecular complexity index is 397. The summed E-state index contributed by atoms with van der Waals surface area (Å²) in [4.78, 5) is 13.7. The average Bonchev–Trinajstić information content (AvgIpc) is 2.35. The predicted octanol–water partition coefficient (Wildman–Crippen LogP) is 0.306. The van der Waals surface area contributed by atoms with E-state index in [1.165, 1.54) is 11.2 Å². The van der Waals surface area contributed by atoms with E-state index in [9.17, 15) is 13.2 Å². The first kappa shape index (κ1) is 15.8. The van der Waals surface area contributed by atoms with E-state index in [1.54, 1.807) is 11.8 Å². The number of sulfone groups is 1. The highest BCUT2D eigenvalue weighted by atomic mass is 32.2.